The molecule has 0 radical (unpaired) electrons. The summed E-state index contributed by atoms with van der Waals surface area (Å²) in [6.45, 7) is 0. The first-order valence-electron chi connectivity index (χ1n) is 7.64. The summed E-state index contributed by atoms with van der Waals surface area (Å²) in [5.74, 6) is 0. The molecule has 0 saturated carbocycles. The Balaban J connectivity index is 2.01. The fourth-order valence-corrected chi connectivity index (χ4v) is 5.50. The highest BCUT2D eigenvalue weighted by Gasteiger charge is 2.35. The number of fused-ring (bicyclic) bond motifs is 1. The van der Waals surface area contributed by atoms with Crippen molar-refractivity contribution < 1.29 is 30.0 Å². The molecule has 0 amide bonds. The van der Waals surface area contributed by atoms with E-state index in [9.17, 15) is 30.0 Å². The molecule has 0 aliphatic carbocycles. The summed E-state index contributed by atoms with van der Waals surface area (Å²) in [4.78, 5) is -1.22. The van der Waals surface area contributed by atoms with Crippen molar-refractivity contribution in [1.29, 1.82) is 0 Å². The average Bonchev–Trinajstić information content (AvgIpc) is 2.59. The maximum Gasteiger partial charge on any atom is 0.418 e. The first kappa shape index (κ1) is 20.1. The molecule has 0 heterocycles. The number of hydrogen-bond acceptors (Lipinski definition) is 5. The van der Waals surface area contributed by atoms with Crippen molar-refractivity contribution in [3.8, 4) is 0 Å². The van der Waals surface area contributed by atoms with Crippen LogP contribution in [-0.4, -0.2) is 16.8 Å². The Kier molecular flexibility index (Phi) is 4.86. The molecule has 3 N–H and O–H groups in total. The molecule has 0 atom stereocenters. The first-order valence-corrected chi connectivity index (χ1v) is 10.6. The SMILES string of the molecule is Nc1ccc(S(=O)(=O)NS(=O)(=O)c2ccc3ccccc3c2)cc1C(F)(F)F. The third-order valence-electron chi connectivity index (χ3n) is 3.89. The molecule has 0 aliphatic heterocycles. The lowest BCUT2D eigenvalue weighted by Gasteiger charge is -2.13. The Bertz CT molecular complexity index is 1270. The molecule has 0 aliphatic rings. The van der Waals surface area contributed by atoms with Gasteiger partial charge >= 0.3 is 6.18 Å². The molecule has 0 saturated heterocycles. The number of hydrogen-bond donors (Lipinski definition) is 2. The van der Waals surface area contributed by atoms with Crippen molar-refractivity contribution in [2.45, 2.75) is 16.0 Å². The standard InChI is InChI=1S/C17H13F3N2O4S2/c18-17(19,20)15-10-14(7-8-16(15)21)28(25,26)22-27(23,24)13-6-5-11-3-1-2-4-12(11)9-13/h1-10,22H,21H2. The van der Waals surface area contributed by atoms with Gasteiger partial charge in [0.2, 0.25) is 0 Å². The number of nitrogens with two attached hydrogens (primary N) is 1. The van der Waals surface area contributed by atoms with Gasteiger partial charge in [0, 0.05) is 5.69 Å². The number of nitrogens with one attached hydrogen (secondary N) is 1. The number of anilines is 1. The van der Waals surface area contributed by atoms with Crippen LogP contribution in [-0.2, 0) is 26.2 Å². The number of benzene rings is 3. The van der Waals surface area contributed by atoms with Crippen LogP contribution in [0.4, 0.5) is 18.9 Å². The van der Waals surface area contributed by atoms with E-state index < -0.39 is 42.4 Å². The number of sulfonamides is 2. The van der Waals surface area contributed by atoms with Crippen LogP contribution >= 0.6 is 0 Å². The van der Waals surface area contributed by atoms with Crippen LogP contribution in [0, 0.1) is 0 Å². The highest BCUT2D eigenvalue weighted by molar-refractivity contribution is 8.04. The molecule has 0 bridgehead atoms. The van der Waals surface area contributed by atoms with Crippen LogP contribution in [0.5, 0.6) is 0 Å². The third-order valence-corrected chi connectivity index (χ3v) is 7.40. The molecular formula is C17H13F3N2O4S2. The lowest BCUT2D eigenvalue weighted by atomic mass is 10.1. The van der Waals surface area contributed by atoms with Crippen LogP contribution in [0.3, 0.4) is 0 Å². The summed E-state index contributed by atoms with van der Waals surface area (Å²) in [5, 5.41) is 1.28. The number of nitrogen functional groups attached to an aromatic ring is 1. The van der Waals surface area contributed by atoms with Crippen LogP contribution < -0.4 is 9.86 Å². The van der Waals surface area contributed by atoms with Gasteiger partial charge in [-0.3, -0.25) is 0 Å². The van der Waals surface area contributed by atoms with E-state index >= 15 is 0 Å². The second-order valence-corrected chi connectivity index (χ2v) is 9.47. The zero-order chi connectivity index (χ0) is 20.7. The normalized spacial score (nSPS) is 13.0. The lowest BCUT2D eigenvalue weighted by molar-refractivity contribution is -0.137. The Labute approximate surface area is 158 Å². The van der Waals surface area contributed by atoms with Gasteiger partial charge in [0.05, 0.1) is 15.4 Å². The fourth-order valence-electron chi connectivity index (χ4n) is 2.52. The number of rotatable bonds is 4. The van der Waals surface area contributed by atoms with E-state index in [0.717, 1.165) is 17.5 Å². The summed E-state index contributed by atoms with van der Waals surface area (Å²) in [6.07, 6.45) is -4.90. The molecule has 0 unspecified atom stereocenters. The summed E-state index contributed by atoms with van der Waals surface area (Å²) in [6, 6.07) is 12.6. The van der Waals surface area contributed by atoms with Gasteiger partial charge in [-0.1, -0.05) is 30.3 Å². The number of halogens is 3. The van der Waals surface area contributed by atoms with Crippen LogP contribution in [0.1, 0.15) is 5.56 Å². The van der Waals surface area contributed by atoms with E-state index in [-0.39, 0.29) is 11.0 Å². The number of alkyl halides is 3. The maximum atomic E-state index is 13.0. The van der Waals surface area contributed by atoms with Crippen LogP contribution in [0.15, 0.2) is 70.5 Å². The molecule has 6 nitrogen and oxygen atoms in total. The highest BCUT2D eigenvalue weighted by atomic mass is 32.3. The highest BCUT2D eigenvalue weighted by Crippen LogP contribution is 2.35. The monoisotopic (exact) mass is 430 g/mol. The lowest BCUT2D eigenvalue weighted by Crippen LogP contribution is -2.31. The molecule has 148 valence electrons. The van der Waals surface area contributed by atoms with Crippen molar-refractivity contribution in [2.75, 3.05) is 5.73 Å². The molecule has 11 heteroatoms. The van der Waals surface area contributed by atoms with Crippen molar-refractivity contribution >= 4 is 36.5 Å². The zero-order valence-electron chi connectivity index (χ0n) is 13.9. The molecule has 0 fully saturated rings. The summed E-state index contributed by atoms with van der Waals surface area (Å²) >= 11 is 0. The molecule has 3 aromatic rings. The maximum absolute atomic E-state index is 13.0. The Morgan fingerprint density at radius 3 is 1.89 bits per heavy atom. The minimum atomic E-state index is -4.90. The van der Waals surface area contributed by atoms with Gasteiger partial charge < -0.3 is 5.73 Å². The van der Waals surface area contributed by atoms with Crippen molar-refractivity contribution in [3.63, 3.8) is 0 Å². The minimum Gasteiger partial charge on any atom is -0.398 e. The van der Waals surface area contributed by atoms with Gasteiger partial charge in [0.15, 0.2) is 0 Å². The molecule has 0 aromatic heterocycles. The Morgan fingerprint density at radius 2 is 1.29 bits per heavy atom. The van der Waals surface area contributed by atoms with Gasteiger partial charge in [0.25, 0.3) is 20.0 Å². The van der Waals surface area contributed by atoms with Crippen molar-refractivity contribution in [2.24, 2.45) is 0 Å². The topological polar surface area (TPSA) is 106 Å². The zero-order valence-corrected chi connectivity index (χ0v) is 15.6. The Morgan fingerprint density at radius 1 is 0.750 bits per heavy atom. The minimum absolute atomic E-state index is 0.285. The van der Waals surface area contributed by atoms with E-state index in [0.29, 0.717) is 5.39 Å². The summed E-state index contributed by atoms with van der Waals surface area (Å²) in [7, 11) is -9.38. The average molecular weight is 430 g/mol. The summed E-state index contributed by atoms with van der Waals surface area (Å²) in [5.41, 5.74) is 3.18. The Hall–Kier alpha value is -2.63. The predicted molar refractivity (Wildman–Crippen MR) is 97.3 cm³/mol. The molecule has 3 rings (SSSR count). The van der Waals surface area contributed by atoms with Gasteiger partial charge in [-0.05, 0) is 41.1 Å². The largest absolute Gasteiger partial charge is 0.418 e. The first-order chi connectivity index (χ1) is 12.9. The third kappa shape index (κ3) is 3.96. The van der Waals surface area contributed by atoms with E-state index in [4.69, 9.17) is 5.73 Å². The van der Waals surface area contributed by atoms with Gasteiger partial charge in [-0.25, -0.2) is 16.8 Å². The van der Waals surface area contributed by atoms with E-state index in [1.54, 1.807) is 24.3 Å². The summed E-state index contributed by atoms with van der Waals surface area (Å²) < 4.78 is 90.0. The van der Waals surface area contributed by atoms with E-state index in [2.05, 4.69) is 0 Å². The molecule has 0 spiro atoms. The van der Waals surface area contributed by atoms with Crippen LogP contribution in [0.2, 0.25) is 0 Å². The van der Waals surface area contributed by atoms with E-state index in [1.165, 1.54) is 22.3 Å². The van der Waals surface area contributed by atoms with Gasteiger partial charge in [-0.15, -0.1) is 4.13 Å². The molecule has 3 aromatic carbocycles. The van der Waals surface area contributed by atoms with E-state index in [1.807, 2.05) is 0 Å². The van der Waals surface area contributed by atoms with Crippen molar-refractivity contribution in [1.82, 2.24) is 4.13 Å². The van der Waals surface area contributed by atoms with Crippen molar-refractivity contribution in [3.05, 3.63) is 66.2 Å². The fraction of sp³-hybridized carbons (Fsp3) is 0.0588. The van der Waals surface area contributed by atoms with Gasteiger partial charge in [0.1, 0.15) is 0 Å². The van der Waals surface area contributed by atoms with Crippen LogP contribution in [0.25, 0.3) is 10.8 Å². The quantitative estimate of drug-likeness (QED) is 0.619. The second kappa shape index (κ2) is 6.76. The molecule has 28 heavy (non-hydrogen) atoms. The molecular weight excluding hydrogens is 417 g/mol. The predicted octanol–water partition coefficient (Wildman–Crippen LogP) is 3.11. The van der Waals surface area contributed by atoms with Gasteiger partial charge in [-0.2, -0.15) is 13.2 Å². The second-order valence-electron chi connectivity index (χ2n) is 5.85. The smallest absolute Gasteiger partial charge is 0.398 e.